The van der Waals surface area contributed by atoms with Crippen molar-refractivity contribution in [3.05, 3.63) is 40.5 Å². The maximum absolute atomic E-state index is 13.0. The molecule has 0 saturated heterocycles. The normalized spacial score (nSPS) is 13.5. The van der Waals surface area contributed by atoms with E-state index in [9.17, 15) is 4.21 Å². The number of nitrogens with zero attached hydrogens (tertiary/aromatic N) is 4. The van der Waals surface area contributed by atoms with E-state index in [1.807, 2.05) is 43.1 Å². The van der Waals surface area contributed by atoms with Crippen molar-refractivity contribution >= 4 is 37.7 Å². The summed E-state index contributed by atoms with van der Waals surface area (Å²) in [5.41, 5.74) is 1.52. The van der Waals surface area contributed by atoms with Gasteiger partial charge in [0.2, 0.25) is 5.88 Å². The van der Waals surface area contributed by atoms with E-state index >= 15 is 0 Å². The van der Waals surface area contributed by atoms with Crippen LogP contribution in [0.25, 0.3) is 0 Å². The highest BCUT2D eigenvalue weighted by atomic mass is 79.9. The Hall–Kier alpha value is -1.93. The van der Waals surface area contributed by atoms with Gasteiger partial charge < -0.3 is 9.64 Å². The van der Waals surface area contributed by atoms with Crippen LogP contribution >= 0.6 is 15.9 Å². The van der Waals surface area contributed by atoms with E-state index in [4.69, 9.17) is 4.74 Å². The first-order valence-electron chi connectivity index (χ1n) is 9.99. The SMILES string of the molecule is CCN(C)/C=N\c1cc(Br)c(Oc2cccc(S(C)(=O)=NCCC(C)C)c2)nc1C. The lowest BCUT2D eigenvalue weighted by molar-refractivity contribution is 0.457. The summed E-state index contributed by atoms with van der Waals surface area (Å²) in [5.74, 6) is 1.53. The molecule has 164 valence electrons. The van der Waals surface area contributed by atoms with Crippen molar-refractivity contribution in [1.29, 1.82) is 0 Å². The summed E-state index contributed by atoms with van der Waals surface area (Å²) in [6.07, 6.45) is 4.37. The molecule has 6 nitrogen and oxygen atoms in total. The highest BCUT2D eigenvalue weighted by Crippen LogP contribution is 2.33. The van der Waals surface area contributed by atoms with Crippen molar-refractivity contribution in [2.24, 2.45) is 15.3 Å². The summed E-state index contributed by atoms with van der Waals surface area (Å²) in [5, 5.41) is 0. The summed E-state index contributed by atoms with van der Waals surface area (Å²) >= 11 is 3.52. The van der Waals surface area contributed by atoms with E-state index in [0.717, 1.165) is 24.3 Å². The molecule has 30 heavy (non-hydrogen) atoms. The molecular formula is C22H31BrN4O2S. The number of halogens is 1. The van der Waals surface area contributed by atoms with Gasteiger partial charge in [-0.3, -0.25) is 0 Å². The number of rotatable bonds is 9. The zero-order chi connectivity index (χ0) is 22.3. The van der Waals surface area contributed by atoms with Gasteiger partial charge in [-0.05, 0) is 66.4 Å². The lowest BCUT2D eigenvalue weighted by Gasteiger charge is -2.12. The van der Waals surface area contributed by atoms with Gasteiger partial charge in [0, 0.05) is 26.4 Å². The number of aromatic nitrogens is 1. The van der Waals surface area contributed by atoms with Gasteiger partial charge in [-0.15, -0.1) is 0 Å². The van der Waals surface area contributed by atoms with Crippen LogP contribution in [0.1, 0.15) is 32.9 Å². The van der Waals surface area contributed by atoms with E-state index in [1.165, 1.54) is 0 Å². The topological polar surface area (TPSA) is 67.2 Å². The second kappa shape index (κ2) is 10.9. The molecule has 0 aliphatic rings. The molecular weight excluding hydrogens is 464 g/mol. The maximum atomic E-state index is 13.0. The molecule has 2 aromatic rings. The molecule has 8 heteroatoms. The van der Waals surface area contributed by atoms with Crippen molar-refractivity contribution in [2.45, 2.75) is 39.0 Å². The molecule has 1 aromatic heterocycles. The predicted octanol–water partition coefficient (Wildman–Crippen LogP) is 6.06. The molecule has 0 N–H and O–H groups in total. The molecule has 1 heterocycles. The Morgan fingerprint density at radius 2 is 2.07 bits per heavy atom. The van der Waals surface area contributed by atoms with Crippen LogP contribution in [0.15, 0.2) is 49.1 Å². The number of pyridine rings is 1. The van der Waals surface area contributed by atoms with Gasteiger partial charge in [0.05, 0.1) is 36.8 Å². The van der Waals surface area contributed by atoms with Crippen LogP contribution in [0.2, 0.25) is 0 Å². The number of aliphatic imine (C=N–C) groups is 1. The fourth-order valence-corrected chi connectivity index (χ4v) is 4.09. The third-order valence-corrected chi connectivity index (χ3v) is 6.87. The molecule has 0 radical (unpaired) electrons. The van der Waals surface area contributed by atoms with Gasteiger partial charge in [0.1, 0.15) is 5.75 Å². The average Bonchev–Trinajstić information content (AvgIpc) is 2.69. The third kappa shape index (κ3) is 7.09. The highest BCUT2D eigenvalue weighted by molar-refractivity contribution is 9.10. The first-order chi connectivity index (χ1) is 14.1. The number of hydrogen-bond acceptors (Lipinski definition) is 5. The van der Waals surface area contributed by atoms with Crippen LogP contribution in [-0.4, -0.2) is 46.8 Å². The third-order valence-electron chi connectivity index (χ3n) is 4.50. The second-order valence-corrected chi connectivity index (χ2v) is 10.8. The number of benzene rings is 1. The Balaban J connectivity index is 2.25. The van der Waals surface area contributed by atoms with Gasteiger partial charge in [-0.1, -0.05) is 19.9 Å². The molecule has 1 atom stereocenters. The second-order valence-electron chi connectivity index (χ2n) is 7.61. The van der Waals surface area contributed by atoms with Crippen molar-refractivity contribution in [2.75, 3.05) is 26.4 Å². The first kappa shape index (κ1) is 24.3. The summed E-state index contributed by atoms with van der Waals surface area (Å²) in [6.45, 7) is 9.67. The van der Waals surface area contributed by atoms with E-state index in [2.05, 4.69) is 51.0 Å². The number of ether oxygens (including phenoxy) is 1. The Bertz CT molecular complexity index is 1010. The Labute approximate surface area is 189 Å². The predicted molar refractivity (Wildman–Crippen MR) is 129 cm³/mol. The van der Waals surface area contributed by atoms with Gasteiger partial charge in [-0.25, -0.2) is 18.5 Å². The van der Waals surface area contributed by atoms with Crippen LogP contribution in [0.5, 0.6) is 11.6 Å². The zero-order valence-corrected chi connectivity index (χ0v) is 21.0. The number of hydrogen-bond donors (Lipinski definition) is 0. The van der Waals surface area contributed by atoms with E-state index in [0.29, 0.717) is 33.5 Å². The standard InChI is InChI=1S/C22H31BrN4O2S/c1-7-27(5)15-24-21-14-20(23)22(26-17(21)4)29-18-9-8-10-19(13-18)30(6,28)25-12-11-16(2)3/h8-10,13-16H,7,11-12H2,1-6H3/b24-15-. The minimum absolute atomic E-state index is 0.437. The van der Waals surface area contributed by atoms with Crippen LogP contribution in [0.4, 0.5) is 5.69 Å². The minimum Gasteiger partial charge on any atom is -0.438 e. The molecule has 2 rings (SSSR count). The summed E-state index contributed by atoms with van der Waals surface area (Å²) in [6, 6.07) is 9.12. The van der Waals surface area contributed by atoms with E-state index in [-0.39, 0.29) is 0 Å². The molecule has 0 fully saturated rings. The Morgan fingerprint density at radius 1 is 1.33 bits per heavy atom. The Kier molecular flexibility index (Phi) is 8.85. The molecule has 0 aliphatic carbocycles. The van der Waals surface area contributed by atoms with Gasteiger partial charge in [-0.2, -0.15) is 0 Å². The van der Waals surface area contributed by atoms with E-state index < -0.39 is 9.73 Å². The quantitative estimate of drug-likeness (QED) is 0.313. The van der Waals surface area contributed by atoms with Crippen molar-refractivity contribution in [3.63, 3.8) is 0 Å². The molecule has 0 spiro atoms. The summed E-state index contributed by atoms with van der Waals surface area (Å²) in [7, 11) is -0.510. The van der Waals surface area contributed by atoms with Gasteiger partial charge in [0.15, 0.2) is 0 Å². The summed E-state index contributed by atoms with van der Waals surface area (Å²) in [4.78, 5) is 11.6. The van der Waals surface area contributed by atoms with Crippen LogP contribution in [0, 0.1) is 12.8 Å². The average molecular weight is 495 g/mol. The molecule has 0 bridgehead atoms. The smallest absolute Gasteiger partial charge is 0.233 e. The van der Waals surface area contributed by atoms with Crippen molar-refractivity contribution in [3.8, 4) is 11.6 Å². The lowest BCUT2D eigenvalue weighted by atomic mass is 10.1. The van der Waals surface area contributed by atoms with E-state index in [1.54, 1.807) is 18.7 Å². The maximum Gasteiger partial charge on any atom is 0.233 e. The van der Waals surface area contributed by atoms with Crippen molar-refractivity contribution < 1.29 is 8.95 Å². The van der Waals surface area contributed by atoms with Crippen LogP contribution < -0.4 is 4.74 Å². The Morgan fingerprint density at radius 3 is 2.73 bits per heavy atom. The lowest BCUT2D eigenvalue weighted by Crippen LogP contribution is -2.14. The fraction of sp³-hybridized carbons (Fsp3) is 0.455. The molecule has 0 saturated carbocycles. The molecule has 0 amide bonds. The van der Waals surface area contributed by atoms with Gasteiger partial charge in [0.25, 0.3) is 0 Å². The van der Waals surface area contributed by atoms with Gasteiger partial charge >= 0.3 is 0 Å². The zero-order valence-electron chi connectivity index (χ0n) is 18.6. The molecule has 1 unspecified atom stereocenters. The minimum atomic E-state index is -2.47. The van der Waals surface area contributed by atoms with Crippen LogP contribution in [0.3, 0.4) is 0 Å². The molecule has 0 aliphatic heterocycles. The number of aryl methyl sites for hydroxylation is 1. The largest absolute Gasteiger partial charge is 0.438 e. The summed E-state index contributed by atoms with van der Waals surface area (Å²) < 4.78 is 24.1. The molecule has 1 aromatic carbocycles. The fourth-order valence-electron chi connectivity index (χ4n) is 2.44. The van der Waals surface area contributed by atoms with Crippen molar-refractivity contribution in [1.82, 2.24) is 9.88 Å². The monoisotopic (exact) mass is 494 g/mol. The highest BCUT2D eigenvalue weighted by Gasteiger charge is 2.12. The van der Waals surface area contributed by atoms with Crippen LogP contribution in [-0.2, 0) is 9.73 Å². The first-order valence-corrected chi connectivity index (χ1v) is 12.7.